The Balaban J connectivity index is 2.10. The monoisotopic (exact) mass is 453 g/mol. The molecule has 0 aliphatic carbocycles. The van der Waals surface area contributed by atoms with Crippen LogP contribution in [0.4, 0.5) is 24.5 Å². The SMILES string of the molecule is CCN(CC(=O)Nc1ccccc1OC)CC(=O)N(CC(F)(F)F)c1ccc(OC)cc1. The molecule has 2 aromatic rings. The normalized spacial score (nSPS) is 11.2. The van der Waals surface area contributed by atoms with Crippen molar-refractivity contribution in [2.45, 2.75) is 13.1 Å². The van der Waals surface area contributed by atoms with E-state index in [1.165, 1.54) is 43.4 Å². The van der Waals surface area contributed by atoms with Crippen LogP contribution < -0.4 is 19.7 Å². The van der Waals surface area contributed by atoms with E-state index in [4.69, 9.17) is 9.47 Å². The second-order valence-corrected chi connectivity index (χ2v) is 6.84. The molecule has 0 aliphatic rings. The predicted octanol–water partition coefficient (Wildman–Crippen LogP) is 3.56. The van der Waals surface area contributed by atoms with Crippen molar-refractivity contribution in [1.82, 2.24) is 4.90 Å². The number of nitrogens with one attached hydrogen (secondary N) is 1. The van der Waals surface area contributed by atoms with Crippen molar-refractivity contribution in [1.29, 1.82) is 0 Å². The molecule has 0 bridgehead atoms. The molecule has 0 heterocycles. The summed E-state index contributed by atoms with van der Waals surface area (Å²) in [4.78, 5) is 27.3. The van der Waals surface area contributed by atoms with Gasteiger partial charge in [0.25, 0.3) is 0 Å². The third kappa shape index (κ3) is 7.45. The first kappa shape index (κ1) is 25.0. The van der Waals surface area contributed by atoms with Crippen molar-refractivity contribution in [3.8, 4) is 11.5 Å². The van der Waals surface area contributed by atoms with Gasteiger partial charge in [0.05, 0.1) is 33.0 Å². The van der Waals surface area contributed by atoms with Gasteiger partial charge in [0, 0.05) is 5.69 Å². The van der Waals surface area contributed by atoms with Gasteiger partial charge < -0.3 is 19.7 Å². The number of benzene rings is 2. The van der Waals surface area contributed by atoms with Crippen molar-refractivity contribution < 1.29 is 32.2 Å². The standard InChI is InChI=1S/C22H26F3N3O4/c1-4-27(13-20(29)26-18-7-5-6-8-19(18)32-3)14-21(30)28(15-22(23,24)25)16-9-11-17(31-2)12-10-16/h5-12H,4,13-15H2,1-3H3,(H,26,29). The first-order valence-electron chi connectivity index (χ1n) is 9.83. The molecule has 174 valence electrons. The molecule has 2 amide bonds. The zero-order valence-corrected chi connectivity index (χ0v) is 18.1. The van der Waals surface area contributed by atoms with E-state index in [-0.39, 0.29) is 25.3 Å². The molecular weight excluding hydrogens is 427 g/mol. The summed E-state index contributed by atoms with van der Waals surface area (Å²) in [7, 11) is 2.90. The van der Waals surface area contributed by atoms with Crippen molar-refractivity contribution in [3.63, 3.8) is 0 Å². The van der Waals surface area contributed by atoms with Gasteiger partial charge in [0.15, 0.2) is 0 Å². The van der Waals surface area contributed by atoms with Gasteiger partial charge in [-0.3, -0.25) is 14.5 Å². The lowest BCUT2D eigenvalue weighted by Gasteiger charge is -2.27. The fraction of sp³-hybridized carbons (Fsp3) is 0.364. The molecule has 1 N–H and O–H groups in total. The van der Waals surface area contributed by atoms with E-state index in [9.17, 15) is 22.8 Å². The third-order valence-corrected chi connectivity index (χ3v) is 4.58. The molecule has 0 atom stereocenters. The van der Waals surface area contributed by atoms with Crippen LogP contribution in [0.25, 0.3) is 0 Å². The molecule has 0 saturated heterocycles. The zero-order valence-electron chi connectivity index (χ0n) is 18.1. The highest BCUT2D eigenvalue weighted by Gasteiger charge is 2.34. The molecule has 7 nitrogen and oxygen atoms in total. The van der Waals surface area contributed by atoms with Gasteiger partial charge in [-0.15, -0.1) is 0 Å². The maximum absolute atomic E-state index is 13.1. The molecular formula is C22H26F3N3O4. The van der Waals surface area contributed by atoms with Crippen LogP contribution in [0.3, 0.4) is 0 Å². The second kappa shape index (κ2) is 11.4. The van der Waals surface area contributed by atoms with Crippen LogP contribution in [0, 0.1) is 0 Å². The Hall–Kier alpha value is -3.27. The maximum atomic E-state index is 13.1. The molecule has 0 unspecified atom stereocenters. The van der Waals surface area contributed by atoms with Gasteiger partial charge in [0.1, 0.15) is 18.0 Å². The number of amides is 2. The number of halogens is 3. The Kier molecular flexibility index (Phi) is 8.89. The number of hydrogen-bond acceptors (Lipinski definition) is 5. The molecule has 0 fully saturated rings. The van der Waals surface area contributed by atoms with E-state index < -0.39 is 24.5 Å². The van der Waals surface area contributed by atoms with Crippen LogP contribution in [0.1, 0.15) is 6.92 Å². The molecule has 2 rings (SSSR count). The van der Waals surface area contributed by atoms with Gasteiger partial charge >= 0.3 is 6.18 Å². The quantitative estimate of drug-likeness (QED) is 0.596. The van der Waals surface area contributed by atoms with Crippen LogP contribution in [0.2, 0.25) is 0 Å². The van der Waals surface area contributed by atoms with Gasteiger partial charge in [0.2, 0.25) is 11.8 Å². The molecule has 0 saturated carbocycles. The zero-order chi connectivity index (χ0) is 23.7. The molecule has 2 aromatic carbocycles. The number of carbonyl (C=O) groups is 2. The largest absolute Gasteiger partial charge is 0.497 e. The van der Waals surface area contributed by atoms with E-state index in [2.05, 4.69) is 5.32 Å². The lowest BCUT2D eigenvalue weighted by atomic mass is 10.2. The highest BCUT2D eigenvalue weighted by molar-refractivity contribution is 5.96. The van der Waals surface area contributed by atoms with Crippen molar-refractivity contribution in [2.24, 2.45) is 0 Å². The number of nitrogens with zero attached hydrogens (tertiary/aromatic N) is 2. The van der Waals surface area contributed by atoms with Crippen LogP contribution >= 0.6 is 0 Å². The summed E-state index contributed by atoms with van der Waals surface area (Å²) < 4.78 is 49.6. The summed E-state index contributed by atoms with van der Waals surface area (Å²) in [6.07, 6.45) is -4.59. The number of hydrogen-bond donors (Lipinski definition) is 1. The molecule has 0 aliphatic heterocycles. The summed E-state index contributed by atoms with van der Waals surface area (Å²) in [6.45, 7) is 0.0164. The number of anilines is 2. The summed E-state index contributed by atoms with van der Waals surface area (Å²) in [6, 6.07) is 12.5. The number of ether oxygens (including phenoxy) is 2. The Bertz CT molecular complexity index is 904. The summed E-state index contributed by atoms with van der Waals surface area (Å²) in [5, 5.41) is 2.69. The number of likely N-dealkylation sites (N-methyl/N-ethyl adjacent to an activating group) is 1. The second-order valence-electron chi connectivity index (χ2n) is 6.84. The number of methoxy groups -OCH3 is 2. The number of rotatable bonds is 10. The van der Waals surface area contributed by atoms with Crippen LogP contribution in [0.15, 0.2) is 48.5 Å². The number of para-hydroxylation sites is 2. The van der Waals surface area contributed by atoms with Gasteiger partial charge in [-0.1, -0.05) is 19.1 Å². The fourth-order valence-electron chi connectivity index (χ4n) is 2.96. The summed E-state index contributed by atoms with van der Waals surface area (Å²) in [5.74, 6) is -0.275. The highest BCUT2D eigenvalue weighted by Crippen LogP contribution is 2.25. The fourth-order valence-corrected chi connectivity index (χ4v) is 2.96. The first-order chi connectivity index (χ1) is 15.2. The molecule has 10 heteroatoms. The lowest BCUT2D eigenvalue weighted by Crippen LogP contribution is -2.46. The summed E-state index contributed by atoms with van der Waals surface area (Å²) >= 11 is 0. The minimum atomic E-state index is -4.59. The Morgan fingerprint density at radius 3 is 2.19 bits per heavy atom. The van der Waals surface area contributed by atoms with Gasteiger partial charge in [-0.25, -0.2) is 0 Å². The van der Waals surface area contributed by atoms with Crippen molar-refractivity contribution in [3.05, 3.63) is 48.5 Å². The van der Waals surface area contributed by atoms with Crippen molar-refractivity contribution in [2.75, 3.05) is 50.6 Å². The van der Waals surface area contributed by atoms with Crippen LogP contribution in [-0.4, -0.2) is 63.3 Å². The molecule has 0 aromatic heterocycles. The van der Waals surface area contributed by atoms with Gasteiger partial charge in [-0.05, 0) is 42.9 Å². The van der Waals surface area contributed by atoms with E-state index in [0.29, 0.717) is 22.1 Å². The highest BCUT2D eigenvalue weighted by atomic mass is 19.4. The van der Waals surface area contributed by atoms with E-state index >= 15 is 0 Å². The number of alkyl halides is 3. The Morgan fingerprint density at radius 2 is 1.62 bits per heavy atom. The smallest absolute Gasteiger partial charge is 0.406 e. The minimum Gasteiger partial charge on any atom is -0.497 e. The molecule has 32 heavy (non-hydrogen) atoms. The molecule has 0 radical (unpaired) electrons. The summed E-state index contributed by atoms with van der Waals surface area (Å²) in [5.41, 5.74) is 0.543. The van der Waals surface area contributed by atoms with Crippen molar-refractivity contribution >= 4 is 23.2 Å². The van der Waals surface area contributed by atoms with Crippen LogP contribution in [0.5, 0.6) is 11.5 Å². The first-order valence-corrected chi connectivity index (χ1v) is 9.83. The predicted molar refractivity (Wildman–Crippen MR) is 115 cm³/mol. The minimum absolute atomic E-state index is 0.0858. The average molecular weight is 453 g/mol. The average Bonchev–Trinajstić information content (AvgIpc) is 2.76. The Labute approximate surface area is 184 Å². The molecule has 0 spiro atoms. The van der Waals surface area contributed by atoms with Crippen LogP contribution in [-0.2, 0) is 9.59 Å². The van der Waals surface area contributed by atoms with E-state index in [0.717, 1.165) is 0 Å². The van der Waals surface area contributed by atoms with E-state index in [1.807, 2.05) is 0 Å². The van der Waals surface area contributed by atoms with E-state index in [1.54, 1.807) is 31.2 Å². The lowest BCUT2D eigenvalue weighted by molar-refractivity contribution is -0.133. The third-order valence-electron chi connectivity index (χ3n) is 4.58. The number of carbonyl (C=O) groups excluding carboxylic acids is 2. The Morgan fingerprint density at radius 1 is 0.969 bits per heavy atom. The topological polar surface area (TPSA) is 71.1 Å². The maximum Gasteiger partial charge on any atom is 0.406 e. The van der Waals surface area contributed by atoms with Gasteiger partial charge in [-0.2, -0.15) is 13.2 Å².